The SMILES string of the molecule is COc1ccc(CN(CC(=O)O)C(=O)C2CCCC(O)C2)cc1OC. The van der Waals surface area contributed by atoms with Crippen LogP contribution in [0.4, 0.5) is 0 Å². The number of carboxylic acids is 1. The van der Waals surface area contributed by atoms with Crippen LogP contribution in [0.1, 0.15) is 31.2 Å². The van der Waals surface area contributed by atoms with E-state index in [0.717, 1.165) is 12.0 Å². The van der Waals surface area contributed by atoms with E-state index in [-0.39, 0.29) is 24.9 Å². The first-order valence-electron chi connectivity index (χ1n) is 8.34. The number of hydrogen-bond acceptors (Lipinski definition) is 5. The van der Waals surface area contributed by atoms with Crippen molar-refractivity contribution in [1.82, 2.24) is 4.90 Å². The third-order valence-electron chi connectivity index (χ3n) is 4.45. The summed E-state index contributed by atoms with van der Waals surface area (Å²) in [5.41, 5.74) is 0.753. The quantitative estimate of drug-likeness (QED) is 0.776. The van der Waals surface area contributed by atoms with Crippen LogP contribution in [0.25, 0.3) is 0 Å². The van der Waals surface area contributed by atoms with Crippen molar-refractivity contribution in [2.24, 2.45) is 5.92 Å². The van der Waals surface area contributed by atoms with Gasteiger partial charge in [0.15, 0.2) is 11.5 Å². The molecular formula is C18H25NO6. The number of carbonyl (C=O) groups excluding carboxylic acids is 1. The van der Waals surface area contributed by atoms with Crippen LogP contribution in [0.3, 0.4) is 0 Å². The number of carbonyl (C=O) groups is 2. The maximum Gasteiger partial charge on any atom is 0.323 e. The monoisotopic (exact) mass is 351 g/mol. The predicted octanol–water partition coefficient (Wildman–Crippen LogP) is 1.67. The van der Waals surface area contributed by atoms with E-state index < -0.39 is 12.1 Å². The molecule has 138 valence electrons. The molecule has 0 aliphatic heterocycles. The Morgan fingerprint density at radius 1 is 1.20 bits per heavy atom. The predicted molar refractivity (Wildman–Crippen MR) is 90.6 cm³/mol. The Morgan fingerprint density at radius 3 is 2.52 bits per heavy atom. The molecule has 7 nitrogen and oxygen atoms in total. The molecule has 1 aromatic carbocycles. The van der Waals surface area contributed by atoms with Gasteiger partial charge in [-0.05, 0) is 37.0 Å². The molecule has 1 aliphatic rings. The minimum Gasteiger partial charge on any atom is -0.493 e. The lowest BCUT2D eigenvalue weighted by atomic mass is 9.86. The fourth-order valence-electron chi connectivity index (χ4n) is 3.22. The molecule has 0 heterocycles. The van der Waals surface area contributed by atoms with Gasteiger partial charge in [0.25, 0.3) is 0 Å². The number of benzene rings is 1. The summed E-state index contributed by atoms with van der Waals surface area (Å²) in [6.07, 6.45) is 2.04. The van der Waals surface area contributed by atoms with Crippen molar-refractivity contribution < 1.29 is 29.3 Å². The minimum absolute atomic E-state index is 0.165. The second kappa shape index (κ2) is 8.71. The smallest absolute Gasteiger partial charge is 0.323 e. The highest BCUT2D eigenvalue weighted by atomic mass is 16.5. The molecule has 1 fully saturated rings. The lowest BCUT2D eigenvalue weighted by Gasteiger charge is -2.30. The summed E-state index contributed by atoms with van der Waals surface area (Å²) in [5, 5.41) is 18.9. The molecule has 1 aliphatic carbocycles. The number of ether oxygens (including phenoxy) is 2. The number of aliphatic hydroxyl groups is 1. The zero-order valence-electron chi connectivity index (χ0n) is 14.6. The van der Waals surface area contributed by atoms with Gasteiger partial charge in [-0.25, -0.2) is 0 Å². The van der Waals surface area contributed by atoms with Crippen LogP contribution in [-0.2, 0) is 16.1 Å². The van der Waals surface area contributed by atoms with Gasteiger partial charge in [-0.15, -0.1) is 0 Å². The van der Waals surface area contributed by atoms with Crippen molar-refractivity contribution >= 4 is 11.9 Å². The van der Waals surface area contributed by atoms with E-state index in [1.165, 1.54) is 19.1 Å². The molecule has 2 atom stereocenters. The van der Waals surface area contributed by atoms with Gasteiger partial charge in [0, 0.05) is 12.5 Å². The summed E-state index contributed by atoms with van der Waals surface area (Å²) in [7, 11) is 3.05. The Bertz CT molecular complexity index is 618. The van der Waals surface area contributed by atoms with Crippen molar-refractivity contribution in [3.63, 3.8) is 0 Å². The van der Waals surface area contributed by atoms with Crippen LogP contribution in [0.5, 0.6) is 11.5 Å². The number of rotatable bonds is 7. The van der Waals surface area contributed by atoms with Crippen LogP contribution in [-0.4, -0.2) is 53.9 Å². The first-order chi connectivity index (χ1) is 11.9. The van der Waals surface area contributed by atoms with E-state index in [1.807, 2.05) is 0 Å². The number of methoxy groups -OCH3 is 2. The molecule has 2 N–H and O–H groups in total. The Balaban J connectivity index is 2.17. The van der Waals surface area contributed by atoms with Gasteiger partial charge in [-0.3, -0.25) is 9.59 Å². The Hall–Kier alpha value is -2.28. The van der Waals surface area contributed by atoms with Gasteiger partial charge in [0.2, 0.25) is 5.91 Å². The highest BCUT2D eigenvalue weighted by molar-refractivity contribution is 5.83. The van der Waals surface area contributed by atoms with Gasteiger partial charge < -0.3 is 24.6 Å². The number of hydrogen-bond donors (Lipinski definition) is 2. The summed E-state index contributed by atoms with van der Waals surface area (Å²) in [4.78, 5) is 25.3. The molecule has 1 amide bonds. The van der Waals surface area contributed by atoms with E-state index >= 15 is 0 Å². The van der Waals surface area contributed by atoms with E-state index in [4.69, 9.17) is 14.6 Å². The van der Waals surface area contributed by atoms with Crippen molar-refractivity contribution in [3.8, 4) is 11.5 Å². The van der Waals surface area contributed by atoms with Crippen LogP contribution < -0.4 is 9.47 Å². The third kappa shape index (κ3) is 5.09. The van der Waals surface area contributed by atoms with Crippen LogP contribution in [0, 0.1) is 5.92 Å². The molecule has 2 rings (SSSR count). The third-order valence-corrected chi connectivity index (χ3v) is 4.45. The summed E-state index contributed by atoms with van der Waals surface area (Å²) in [5.74, 6) is -0.530. The fraction of sp³-hybridized carbons (Fsp3) is 0.556. The maximum absolute atomic E-state index is 12.8. The normalized spacial score (nSPS) is 20.0. The molecule has 1 saturated carbocycles. The molecule has 2 unspecified atom stereocenters. The van der Waals surface area contributed by atoms with Crippen molar-refractivity contribution in [3.05, 3.63) is 23.8 Å². The molecule has 7 heteroatoms. The topological polar surface area (TPSA) is 96.3 Å². The number of aliphatic hydroxyl groups excluding tert-OH is 1. The van der Waals surface area contributed by atoms with E-state index in [1.54, 1.807) is 18.2 Å². The molecule has 0 bridgehead atoms. The molecule has 0 radical (unpaired) electrons. The zero-order chi connectivity index (χ0) is 18.4. The lowest BCUT2D eigenvalue weighted by molar-refractivity contribution is -0.148. The van der Waals surface area contributed by atoms with Gasteiger partial charge in [0.1, 0.15) is 6.54 Å². The Labute approximate surface area is 147 Å². The summed E-state index contributed by atoms with van der Waals surface area (Å²) in [6.45, 7) is -0.210. The second-order valence-electron chi connectivity index (χ2n) is 6.29. The molecule has 0 spiro atoms. The van der Waals surface area contributed by atoms with Gasteiger partial charge in [0.05, 0.1) is 20.3 Å². The minimum atomic E-state index is -1.06. The highest BCUT2D eigenvalue weighted by Gasteiger charge is 2.30. The van der Waals surface area contributed by atoms with Gasteiger partial charge in [-0.2, -0.15) is 0 Å². The fourth-order valence-corrected chi connectivity index (χ4v) is 3.22. The average Bonchev–Trinajstić information content (AvgIpc) is 2.60. The Kier molecular flexibility index (Phi) is 6.64. The number of amides is 1. The first kappa shape index (κ1) is 19.1. The second-order valence-corrected chi connectivity index (χ2v) is 6.29. The molecule has 25 heavy (non-hydrogen) atoms. The molecular weight excluding hydrogens is 326 g/mol. The lowest BCUT2D eigenvalue weighted by Crippen LogP contribution is -2.41. The summed E-state index contributed by atoms with van der Waals surface area (Å²) < 4.78 is 10.4. The summed E-state index contributed by atoms with van der Waals surface area (Å²) in [6, 6.07) is 5.23. The van der Waals surface area contributed by atoms with E-state index in [9.17, 15) is 14.7 Å². The largest absolute Gasteiger partial charge is 0.493 e. The molecule has 0 aromatic heterocycles. The molecule has 1 aromatic rings. The average molecular weight is 351 g/mol. The number of carboxylic acid groups (broad SMARTS) is 1. The van der Waals surface area contributed by atoms with Crippen molar-refractivity contribution in [2.75, 3.05) is 20.8 Å². The van der Waals surface area contributed by atoms with E-state index in [0.29, 0.717) is 30.8 Å². The van der Waals surface area contributed by atoms with Gasteiger partial charge >= 0.3 is 5.97 Å². The van der Waals surface area contributed by atoms with Crippen molar-refractivity contribution in [1.29, 1.82) is 0 Å². The first-order valence-corrected chi connectivity index (χ1v) is 8.34. The zero-order valence-corrected chi connectivity index (χ0v) is 14.6. The summed E-state index contributed by atoms with van der Waals surface area (Å²) >= 11 is 0. The highest BCUT2D eigenvalue weighted by Crippen LogP contribution is 2.29. The Morgan fingerprint density at radius 2 is 1.92 bits per heavy atom. The van der Waals surface area contributed by atoms with Crippen LogP contribution in [0.15, 0.2) is 18.2 Å². The molecule has 0 saturated heterocycles. The number of aliphatic carboxylic acids is 1. The van der Waals surface area contributed by atoms with E-state index in [2.05, 4.69) is 0 Å². The standard InChI is InChI=1S/C18H25NO6/c1-24-15-7-6-12(8-16(15)25-2)10-19(11-17(21)22)18(23)13-4-3-5-14(20)9-13/h6-8,13-14,20H,3-5,9-11H2,1-2H3,(H,21,22). The van der Waals surface area contributed by atoms with Crippen molar-refractivity contribution in [2.45, 2.75) is 38.3 Å². The van der Waals surface area contributed by atoms with Gasteiger partial charge in [-0.1, -0.05) is 12.5 Å². The van der Waals surface area contributed by atoms with Crippen LogP contribution in [0.2, 0.25) is 0 Å². The maximum atomic E-state index is 12.8. The van der Waals surface area contributed by atoms with Crippen LogP contribution >= 0.6 is 0 Å². The number of nitrogens with zero attached hydrogens (tertiary/aromatic N) is 1.